The Labute approximate surface area is 177 Å². The highest BCUT2D eigenvalue weighted by molar-refractivity contribution is 6.13. The third-order valence-electron chi connectivity index (χ3n) is 5.63. The Kier molecular flexibility index (Phi) is 5.85. The highest BCUT2D eigenvalue weighted by Crippen LogP contribution is 2.29. The molecular formula is C22H24N4O5. The molecule has 0 fully saturated rings. The SMILES string of the molecule is O=C(O)CCN(CCNc1ccc2c3n(c(=O)c4cccc1c42)CCN=3)CCC(=O)O. The van der Waals surface area contributed by atoms with Crippen molar-refractivity contribution in [3.63, 3.8) is 0 Å². The Morgan fingerprint density at radius 1 is 1.00 bits per heavy atom. The van der Waals surface area contributed by atoms with Gasteiger partial charge in [-0.1, -0.05) is 12.1 Å². The van der Waals surface area contributed by atoms with Crippen LogP contribution in [0.3, 0.4) is 0 Å². The van der Waals surface area contributed by atoms with Crippen molar-refractivity contribution in [3.05, 3.63) is 46.2 Å². The fourth-order valence-electron chi connectivity index (χ4n) is 4.14. The molecule has 0 unspecified atom stereocenters. The first kappa shape index (κ1) is 20.8. The van der Waals surface area contributed by atoms with Gasteiger partial charge in [-0.3, -0.25) is 23.9 Å². The van der Waals surface area contributed by atoms with Crippen LogP contribution >= 0.6 is 0 Å². The van der Waals surface area contributed by atoms with E-state index in [4.69, 9.17) is 10.2 Å². The van der Waals surface area contributed by atoms with Crippen molar-refractivity contribution >= 4 is 39.2 Å². The Bertz CT molecular complexity index is 1250. The molecule has 1 aromatic heterocycles. The van der Waals surface area contributed by atoms with Gasteiger partial charge in [0.1, 0.15) is 5.49 Å². The molecule has 3 aromatic rings. The van der Waals surface area contributed by atoms with Crippen molar-refractivity contribution in [2.75, 3.05) is 38.0 Å². The Morgan fingerprint density at radius 2 is 1.71 bits per heavy atom. The highest BCUT2D eigenvalue weighted by Gasteiger charge is 2.17. The second kappa shape index (κ2) is 8.73. The van der Waals surface area contributed by atoms with Gasteiger partial charge >= 0.3 is 11.9 Å². The molecule has 0 bridgehead atoms. The molecule has 0 spiro atoms. The third-order valence-corrected chi connectivity index (χ3v) is 5.63. The minimum atomic E-state index is -0.912. The monoisotopic (exact) mass is 424 g/mol. The average Bonchev–Trinajstić information content (AvgIpc) is 3.24. The Balaban J connectivity index is 1.57. The van der Waals surface area contributed by atoms with Crippen LogP contribution in [0.4, 0.5) is 5.69 Å². The number of carboxylic acids is 2. The first-order chi connectivity index (χ1) is 15.0. The second-order valence-electron chi connectivity index (χ2n) is 7.61. The van der Waals surface area contributed by atoms with E-state index in [1.807, 2.05) is 35.2 Å². The van der Waals surface area contributed by atoms with Gasteiger partial charge in [0.2, 0.25) is 0 Å². The van der Waals surface area contributed by atoms with E-state index in [0.29, 0.717) is 31.6 Å². The molecule has 9 nitrogen and oxygen atoms in total. The predicted octanol–water partition coefficient (Wildman–Crippen LogP) is 1.17. The lowest BCUT2D eigenvalue weighted by atomic mass is 10.0. The maximum Gasteiger partial charge on any atom is 0.304 e. The Morgan fingerprint density at radius 3 is 2.42 bits per heavy atom. The fourth-order valence-corrected chi connectivity index (χ4v) is 4.14. The number of pyridine rings is 1. The second-order valence-corrected chi connectivity index (χ2v) is 7.61. The number of hydrogen-bond donors (Lipinski definition) is 3. The average molecular weight is 424 g/mol. The number of rotatable bonds is 10. The van der Waals surface area contributed by atoms with Gasteiger partial charge in [0.05, 0.1) is 19.4 Å². The number of nitrogens with one attached hydrogen (secondary N) is 1. The smallest absolute Gasteiger partial charge is 0.304 e. The van der Waals surface area contributed by atoms with Gasteiger partial charge in [-0.25, -0.2) is 0 Å². The number of carboxylic acid groups (broad SMARTS) is 2. The van der Waals surface area contributed by atoms with E-state index in [0.717, 1.165) is 27.3 Å². The number of aromatic nitrogens is 1. The van der Waals surface area contributed by atoms with Crippen LogP contribution in [0.2, 0.25) is 0 Å². The minimum Gasteiger partial charge on any atom is -0.481 e. The first-order valence-corrected chi connectivity index (χ1v) is 10.3. The summed E-state index contributed by atoms with van der Waals surface area (Å²) in [6.45, 7) is 2.81. The summed E-state index contributed by atoms with van der Waals surface area (Å²) in [5.74, 6) is -1.82. The van der Waals surface area contributed by atoms with Gasteiger partial charge in [0, 0.05) is 60.0 Å². The number of carbonyl (C=O) groups is 2. The van der Waals surface area contributed by atoms with E-state index in [1.165, 1.54) is 0 Å². The standard InChI is InChI=1S/C22H24N4O5/c27-18(28)6-10-25(11-7-19(29)30)12-8-23-17-5-4-15-20-14(17)2-1-3-16(20)22(31)26-13-9-24-21(15)26/h1-5,23H,6-13H2,(H,27,28)(H,29,30). The lowest BCUT2D eigenvalue weighted by Gasteiger charge is -2.21. The van der Waals surface area contributed by atoms with Gasteiger partial charge in [0.25, 0.3) is 5.56 Å². The van der Waals surface area contributed by atoms with Crippen LogP contribution in [-0.2, 0) is 16.1 Å². The molecule has 4 rings (SSSR count). The molecule has 2 heterocycles. The largest absolute Gasteiger partial charge is 0.481 e. The lowest BCUT2D eigenvalue weighted by molar-refractivity contribution is -0.137. The van der Waals surface area contributed by atoms with Crippen LogP contribution in [0.25, 0.3) is 21.5 Å². The van der Waals surface area contributed by atoms with Gasteiger partial charge < -0.3 is 20.4 Å². The van der Waals surface area contributed by atoms with Crippen LogP contribution in [0.5, 0.6) is 0 Å². The van der Waals surface area contributed by atoms with Crippen LogP contribution < -0.4 is 16.4 Å². The summed E-state index contributed by atoms with van der Waals surface area (Å²) in [6, 6.07) is 9.62. The van der Waals surface area contributed by atoms with Crippen molar-refractivity contribution in [2.24, 2.45) is 4.99 Å². The maximum atomic E-state index is 12.9. The van der Waals surface area contributed by atoms with E-state index in [1.54, 1.807) is 4.57 Å². The molecular weight excluding hydrogens is 400 g/mol. The van der Waals surface area contributed by atoms with Crippen molar-refractivity contribution in [1.29, 1.82) is 0 Å². The van der Waals surface area contributed by atoms with Crippen molar-refractivity contribution < 1.29 is 19.8 Å². The lowest BCUT2D eigenvalue weighted by Crippen LogP contribution is -2.33. The number of fused-ring (bicyclic) bond motifs is 2. The number of aliphatic carboxylic acids is 2. The summed E-state index contributed by atoms with van der Waals surface area (Å²) in [7, 11) is 0. The summed E-state index contributed by atoms with van der Waals surface area (Å²) in [4.78, 5) is 41.0. The molecule has 0 atom stereocenters. The molecule has 9 heteroatoms. The summed E-state index contributed by atoms with van der Waals surface area (Å²) < 4.78 is 1.73. The van der Waals surface area contributed by atoms with Crippen molar-refractivity contribution in [3.8, 4) is 0 Å². The van der Waals surface area contributed by atoms with E-state index >= 15 is 0 Å². The first-order valence-electron chi connectivity index (χ1n) is 10.3. The minimum absolute atomic E-state index is 0.0278. The molecule has 1 aliphatic rings. The van der Waals surface area contributed by atoms with Crippen LogP contribution in [0.1, 0.15) is 12.8 Å². The zero-order chi connectivity index (χ0) is 22.0. The van der Waals surface area contributed by atoms with E-state index < -0.39 is 11.9 Å². The predicted molar refractivity (Wildman–Crippen MR) is 117 cm³/mol. The molecule has 0 amide bonds. The molecule has 0 saturated carbocycles. The van der Waals surface area contributed by atoms with E-state index in [2.05, 4.69) is 10.3 Å². The molecule has 0 saturated heterocycles. The van der Waals surface area contributed by atoms with Gasteiger partial charge in [0.15, 0.2) is 0 Å². The van der Waals surface area contributed by atoms with Crippen LogP contribution in [0, 0.1) is 0 Å². The summed E-state index contributed by atoms with van der Waals surface area (Å²) in [5.41, 5.74) is 1.57. The molecule has 1 aliphatic heterocycles. The number of benzene rings is 2. The zero-order valence-corrected chi connectivity index (χ0v) is 17.0. The highest BCUT2D eigenvalue weighted by atomic mass is 16.4. The molecule has 2 aromatic carbocycles. The van der Waals surface area contributed by atoms with Crippen LogP contribution in [0.15, 0.2) is 40.1 Å². The normalized spacial score (nSPS) is 12.9. The Hall–Kier alpha value is -3.46. The maximum absolute atomic E-state index is 12.9. The molecule has 0 radical (unpaired) electrons. The summed E-state index contributed by atoms with van der Waals surface area (Å²) in [5, 5.41) is 24.7. The number of hydrogen-bond acceptors (Lipinski definition) is 6. The summed E-state index contributed by atoms with van der Waals surface area (Å²) >= 11 is 0. The van der Waals surface area contributed by atoms with Gasteiger partial charge in [-0.2, -0.15) is 0 Å². The summed E-state index contributed by atoms with van der Waals surface area (Å²) in [6.07, 6.45) is -0.0807. The van der Waals surface area contributed by atoms with Gasteiger partial charge in [-0.05, 0) is 18.2 Å². The number of nitrogens with zero attached hydrogens (tertiary/aromatic N) is 3. The van der Waals surface area contributed by atoms with E-state index in [9.17, 15) is 14.4 Å². The van der Waals surface area contributed by atoms with Crippen LogP contribution in [-0.4, -0.2) is 64.3 Å². The van der Waals surface area contributed by atoms with Crippen molar-refractivity contribution in [1.82, 2.24) is 9.47 Å². The number of anilines is 1. The molecule has 162 valence electrons. The molecule has 0 aliphatic carbocycles. The quantitative estimate of drug-likeness (QED) is 0.446. The van der Waals surface area contributed by atoms with Gasteiger partial charge in [-0.15, -0.1) is 0 Å². The zero-order valence-electron chi connectivity index (χ0n) is 17.0. The molecule has 31 heavy (non-hydrogen) atoms. The van der Waals surface area contributed by atoms with E-state index in [-0.39, 0.29) is 31.5 Å². The fraction of sp³-hybridized carbons (Fsp3) is 0.364. The topological polar surface area (TPSA) is 124 Å². The molecule has 3 N–H and O–H groups in total. The van der Waals surface area contributed by atoms with Crippen molar-refractivity contribution in [2.45, 2.75) is 19.4 Å². The third kappa shape index (κ3) is 4.22.